The van der Waals surface area contributed by atoms with Crippen molar-refractivity contribution in [3.05, 3.63) is 75.4 Å². The second-order valence-corrected chi connectivity index (χ2v) is 17.3. The van der Waals surface area contributed by atoms with E-state index in [4.69, 9.17) is 38.4 Å². The number of rotatable bonds is 15. The van der Waals surface area contributed by atoms with Crippen molar-refractivity contribution in [3.8, 4) is 0 Å². The summed E-state index contributed by atoms with van der Waals surface area (Å²) in [6, 6.07) is 6.40. The molecule has 16 nitrogen and oxygen atoms in total. The van der Waals surface area contributed by atoms with Crippen molar-refractivity contribution in [3.63, 3.8) is 0 Å². The van der Waals surface area contributed by atoms with Crippen LogP contribution in [0.15, 0.2) is 24.8 Å². The molecular formula is C50H63N5O11. The summed E-state index contributed by atoms with van der Waals surface area (Å²) in [6.45, 7) is 21.5. The number of ether oxygens (including phenoxy) is 6. The fraction of sp³-hybridized carbons (Fsp3) is 0.500. The second-order valence-electron chi connectivity index (χ2n) is 17.3. The molecule has 0 spiro atoms. The van der Waals surface area contributed by atoms with Gasteiger partial charge in [-0.05, 0) is 99.1 Å². The topological polar surface area (TPSA) is 201 Å². The molecule has 16 heteroatoms. The van der Waals surface area contributed by atoms with Gasteiger partial charge in [0.2, 0.25) is 5.91 Å². The molecule has 1 saturated heterocycles. The average Bonchev–Trinajstić information content (AvgIpc) is 3.96. The van der Waals surface area contributed by atoms with Gasteiger partial charge in [0.25, 0.3) is 0 Å². The zero-order valence-electron chi connectivity index (χ0n) is 39.9. The lowest BCUT2D eigenvalue weighted by molar-refractivity contribution is -0.308. The highest BCUT2D eigenvalue weighted by atomic mass is 16.7. The Labute approximate surface area is 385 Å². The Morgan fingerprint density at radius 2 is 1.47 bits per heavy atom. The number of amides is 1. The Morgan fingerprint density at radius 1 is 0.818 bits per heavy atom. The van der Waals surface area contributed by atoms with Crippen LogP contribution in [0.25, 0.3) is 39.8 Å². The summed E-state index contributed by atoms with van der Waals surface area (Å²) in [4.78, 5) is 81.5. The van der Waals surface area contributed by atoms with E-state index in [9.17, 15) is 24.0 Å². The van der Waals surface area contributed by atoms with Gasteiger partial charge in [0.1, 0.15) is 12.7 Å². The highest BCUT2D eigenvalue weighted by molar-refractivity contribution is 5.86. The minimum atomic E-state index is -1.34. The van der Waals surface area contributed by atoms with E-state index in [1.54, 1.807) is 11.9 Å². The molecule has 1 amide bonds. The van der Waals surface area contributed by atoms with E-state index in [0.29, 0.717) is 19.4 Å². The average molecular weight is 910 g/mol. The van der Waals surface area contributed by atoms with E-state index in [0.717, 1.165) is 94.3 Å². The number of aromatic nitrogens is 4. The van der Waals surface area contributed by atoms with Crippen LogP contribution in [0.5, 0.6) is 0 Å². The maximum Gasteiger partial charge on any atom is 0.303 e. The Bertz CT molecular complexity index is 2590. The Kier molecular flexibility index (Phi) is 15.7. The number of allylic oxidation sites excluding steroid dienone is 1. The predicted octanol–water partition coefficient (Wildman–Crippen LogP) is 7.62. The molecule has 2 N–H and O–H groups in total. The number of carbonyl (C=O) groups is 5. The molecule has 0 saturated carbocycles. The van der Waals surface area contributed by atoms with Gasteiger partial charge in [-0.2, -0.15) is 0 Å². The molecule has 3 aliphatic heterocycles. The van der Waals surface area contributed by atoms with E-state index in [2.05, 4.69) is 82.4 Å². The summed E-state index contributed by atoms with van der Waals surface area (Å²) in [5, 5.41) is 0. The van der Waals surface area contributed by atoms with Gasteiger partial charge in [0, 0.05) is 98.6 Å². The van der Waals surface area contributed by atoms with E-state index in [1.165, 1.54) is 18.1 Å². The number of nitrogens with one attached hydrogen (secondary N) is 2. The summed E-state index contributed by atoms with van der Waals surface area (Å²) in [7, 11) is 1.73. The van der Waals surface area contributed by atoms with E-state index in [-0.39, 0.29) is 37.4 Å². The zero-order chi connectivity index (χ0) is 48.1. The Hall–Kier alpha value is -6.13. The number of carbonyl (C=O) groups excluding carboxylic acids is 5. The third-order valence-electron chi connectivity index (χ3n) is 12.6. The van der Waals surface area contributed by atoms with Crippen LogP contribution >= 0.6 is 0 Å². The standard InChI is InChI=1S/C50H63N5O11/c1-13-34-27(5)40-23-43-35(14-2)26(4)39(52-43)22-41-28(6)36(46(54-41)29(7)38-20-25(3)37(51-38)21-42(34)53-40)16-17-45(60)55(12)18-15-19-61-50-49(65-33(11)59)48(64-32(10)58)47(63-31(9)57)44(66-50)24-62-30(8)56/h14,20-23,28,36,44,47-50,52-53H,2,13,15-19,24H2,1,3-12H3/t28-,36-,44+,47+,48-,49+,50+/m0/s1. The van der Waals surface area contributed by atoms with Crippen LogP contribution in [0, 0.1) is 20.8 Å². The van der Waals surface area contributed by atoms with Crippen molar-refractivity contribution in [2.45, 2.75) is 137 Å². The monoisotopic (exact) mass is 909 g/mol. The first kappa shape index (κ1) is 49.3. The summed E-state index contributed by atoms with van der Waals surface area (Å²) in [5.41, 5.74) is 14.1. The van der Waals surface area contributed by atoms with Gasteiger partial charge in [-0.15, -0.1) is 0 Å². The van der Waals surface area contributed by atoms with Crippen LogP contribution in [0.4, 0.5) is 0 Å². The van der Waals surface area contributed by atoms with E-state index in [1.807, 2.05) is 6.08 Å². The fourth-order valence-corrected chi connectivity index (χ4v) is 9.10. The lowest BCUT2D eigenvalue weighted by Crippen LogP contribution is -2.63. The third-order valence-corrected chi connectivity index (χ3v) is 12.6. The van der Waals surface area contributed by atoms with Gasteiger partial charge in [-0.3, -0.25) is 29.0 Å². The van der Waals surface area contributed by atoms with Crippen molar-refractivity contribution in [1.82, 2.24) is 24.8 Å². The minimum absolute atomic E-state index is 0.0111. The van der Waals surface area contributed by atoms with Crippen molar-refractivity contribution in [2.75, 3.05) is 26.8 Å². The Morgan fingerprint density at radius 3 is 2.12 bits per heavy atom. The molecule has 1 fully saturated rings. The molecule has 0 radical (unpaired) electrons. The zero-order valence-corrected chi connectivity index (χ0v) is 39.9. The van der Waals surface area contributed by atoms with Crippen molar-refractivity contribution in [1.29, 1.82) is 0 Å². The van der Waals surface area contributed by atoms with Crippen LogP contribution < -0.4 is 0 Å². The van der Waals surface area contributed by atoms with Crippen molar-refractivity contribution >= 4 is 69.6 Å². The van der Waals surface area contributed by atoms with Crippen LogP contribution in [0.3, 0.4) is 0 Å². The number of esters is 4. The summed E-state index contributed by atoms with van der Waals surface area (Å²) in [6.07, 6.45) is -0.392. The van der Waals surface area contributed by atoms with Gasteiger partial charge >= 0.3 is 23.9 Å². The molecule has 7 atom stereocenters. The van der Waals surface area contributed by atoms with Gasteiger partial charge in [0.05, 0.1) is 18.0 Å². The molecule has 0 aromatic carbocycles. The number of H-pyrrole nitrogens is 2. The minimum Gasteiger partial charge on any atom is -0.463 e. The number of hydrogen-bond acceptors (Lipinski definition) is 13. The molecule has 6 heterocycles. The van der Waals surface area contributed by atoms with Crippen LogP contribution in [-0.4, -0.2) is 112 Å². The first-order valence-corrected chi connectivity index (χ1v) is 22.5. The predicted molar refractivity (Wildman–Crippen MR) is 249 cm³/mol. The largest absolute Gasteiger partial charge is 0.463 e. The lowest BCUT2D eigenvalue weighted by Gasteiger charge is -2.44. The maximum atomic E-state index is 13.8. The van der Waals surface area contributed by atoms with Gasteiger partial charge in [-0.1, -0.05) is 26.5 Å². The van der Waals surface area contributed by atoms with Crippen molar-refractivity contribution < 1.29 is 52.4 Å². The highest BCUT2D eigenvalue weighted by Gasteiger charge is 2.52. The number of hydrogen-bond donors (Lipinski definition) is 2. The molecule has 66 heavy (non-hydrogen) atoms. The quantitative estimate of drug-likeness (QED) is 0.0858. The molecule has 6 rings (SSSR count). The normalized spacial score (nSPS) is 21.4. The van der Waals surface area contributed by atoms with Gasteiger partial charge in [0.15, 0.2) is 24.6 Å². The molecule has 8 bridgehead atoms. The number of fused-ring (bicyclic) bond motifs is 8. The third kappa shape index (κ3) is 10.9. The molecule has 3 aliphatic rings. The summed E-state index contributed by atoms with van der Waals surface area (Å²) >= 11 is 0. The highest BCUT2D eigenvalue weighted by Crippen LogP contribution is 2.42. The molecule has 0 unspecified atom stereocenters. The first-order chi connectivity index (χ1) is 31.3. The van der Waals surface area contributed by atoms with Crippen molar-refractivity contribution in [2.24, 2.45) is 0 Å². The van der Waals surface area contributed by atoms with Crippen LogP contribution in [-0.2, 0) is 58.8 Å². The van der Waals surface area contributed by atoms with Gasteiger partial charge in [-0.25, -0.2) is 4.98 Å². The lowest BCUT2D eigenvalue weighted by atomic mass is 9.85. The maximum absolute atomic E-state index is 13.8. The molecular weight excluding hydrogens is 847 g/mol. The second kappa shape index (κ2) is 21.0. The van der Waals surface area contributed by atoms with E-state index < -0.39 is 54.6 Å². The molecule has 3 aromatic rings. The number of aromatic amines is 2. The summed E-state index contributed by atoms with van der Waals surface area (Å²) < 4.78 is 33.7. The fourth-order valence-electron chi connectivity index (χ4n) is 9.10. The van der Waals surface area contributed by atoms with Crippen LogP contribution in [0.2, 0.25) is 0 Å². The SMILES string of the molecule is C=Cc1c(C)c2cc3nc(c(C)c4nc(cc5[nH]c(cc1[nH]2)c(C)c5CC)C(C)=C4)[C@@H](CCC(=O)N(C)CCCO[C@@H]1O[C@H](COC(C)=O)[C@@H](OC(C)=O)[C@H](OC(C)=O)[C@H]1OC(C)=O)[C@@H]3C. The molecule has 3 aromatic heterocycles. The Balaban J connectivity index is 1.22. The smallest absolute Gasteiger partial charge is 0.303 e. The number of nitrogens with zero attached hydrogens (tertiary/aromatic N) is 3. The molecule has 354 valence electrons. The van der Waals surface area contributed by atoms with Gasteiger partial charge < -0.3 is 43.3 Å². The number of aryl methyl sites for hydroxylation is 3. The first-order valence-electron chi connectivity index (χ1n) is 22.5. The van der Waals surface area contributed by atoms with Crippen LogP contribution in [0.1, 0.15) is 130 Å². The summed E-state index contributed by atoms with van der Waals surface area (Å²) in [5.74, 6) is -2.96. The van der Waals surface area contributed by atoms with E-state index >= 15 is 0 Å². The molecule has 0 aliphatic carbocycles.